The predicted molar refractivity (Wildman–Crippen MR) is 156 cm³/mol. The van der Waals surface area contributed by atoms with Gasteiger partial charge in [-0.3, -0.25) is 0 Å². The van der Waals surface area contributed by atoms with Crippen molar-refractivity contribution in [2.45, 2.75) is 0 Å². The molecule has 4 heterocycles. The molecule has 0 unspecified atom stereocenters. The quantitative estimate of drug-likeness (QED) is 0.220. The van der Waals surface area contributed by atoms with E-state index >= 15 is 0 Å². The van der Waals surface area contributed by atoms with Crippen molar-refractivity contribution in [2.75, 3.05) is 0 Å². The van der Waals surface area contributed by atoms with Gasteiger partial charge in [-0.1, -0.05) is 48.5 Å². The van der Waals surface area contributed by atoms with Gasteiger partial charge in [0.2, 0.25) is 0 Å². The van der Waals surface area contributed by atoms with Crippen molar-refractivity contribution in [3.05, 3.63) is 95.7 Å². The number of hydrogen-bond acceptors (Lipinski definition) is 4. The van der Waals surface area contributed by atoms with Crippen LogP contribution in [0.1, 0.15) is 0 Å². The molecule has 0 aliphatic rings. The van der Waals surface area contributed by atoms with Crippen LogP contribution in [0.3, 0.4) is 0 Å². The maximum absolute atomic E-state index is 2.36. The van der Waals surface area contributed by atoms with Crippen molar-refractivity contribution in [3.63, 3.8) is 0 Å². The largest absolute Gasteiger partial charge is 0.144 e. The predicted octanol–water partition coefficient (Wildman–Crippen LogP) is 11.0. The Morgan fingerprint density at radius 3 is 1.38 bits per heavy atom. The summed E-state index contributed by atoms with van der Waals surface area (Å²) in [5.74, 6) is 0. The van der Waals surface area contributed by atoms with Gasteiger partial charge in [-0.2, -0.15) is 0 Å². The number of benzene rings is 4. The topological polar surface area (TPSA) is 0 Å². The normalized spacial score (nSPS) is 12.1. The summed E-state index contributed by atoms with van der Waals surface area (Å²) < 4.78 is 5.48. The van der Waals surface area contributed by atoms with E-state index in [0.717, 1.165) is 0 Å². The van der Waals surface area contributed by atoms with Crippen LogP contribution in [0.15, 0.2) is 95.7 Å². The van der Waals surface area contributed by atoms with Gasteiger partial charge in [0.15, 0.2) is 0 Å². The van der Waals surface area contributed by atoms with Crippen molar-refractivity contribution in [3.8, 4) is 20.9 Å². The molecule has 0 radical (unpaired) electrons. The molecule has 0 saturated carbocycles. The number of fused-ring (bicyclic) bond motifs is 7. The first-order valence-electron chi connectivity index (χ1n) is 11.1. The third-order valence-electron chi connectivity index (χ3n) is 6.64. The van der Waals surface area contributed by atoms with Gasteiger partial charge >= 0.3 is 0 Å². The minimum atomic E-state index is 1.31. The Kier molecular flexibility index (Phi) is 4.11. The fourth-order valence-corrected chi connectivity index (χ4v) is 8.92. The van der Waals surface area contributed by atoms with Crippen molar-refractivity contribution >= 4 is 96.5 Å². The molecule has 160 valence electrons. The van der Waals surface area contributed by atoms with E-state index in [-0.39, 0.29) is 0 Å². The van der Waals surface area contributed by atoms with Crippen molar-refractivity contribution in [1.82, 2.24) is 0 Å². The zero-order valence-electron chi connectivity index (χ0n) is 17.9. The van der Waals surface area contributed by atoms with Crippen LogP contribution in [0.5, 0.6) is 0 Å². The minimum Gasteiger partial charge on any atom is -0.144 e. The third kappa shape index (κ3) is 2.87. The molecule has 0 spiro atoms. The van der Waals surface area contributed by atoms with Crippen LogP contribution in [-0.2, 0) is 0 Å². The summed E-state index contributed by atoms with van der Waals surface area (Å²) in [5, 5.41) is 12.4. The van der Waals surface area contributed by atoms with Gasteiger partial charge in [-0.15, -0.1) is 45.3 Å². The summed E-state index contributed by atoms with van der Waals surface area (Å²) in [6, 6.07) is 32.0. The second kappa shape index (κ2) is 7.24. The SMILES string of the molecule is c1cc2ccc(-c3cc4ccc5c(ccc6cc(-c7ccc8ccsc8c7)sc65)c4s3)cc2s1. The zero-order valence-corrected chi connectivity index (χ0v) is 21.1. The molecule has 0 fully saturated rings. The molecule has 0 amide bonds. The molecule has 4 aromatic heterocycles. The molecule has 0 N–H and O–H groups in total. The van der Waals surface area contributed by atoms with Gasteiger partial charge in [-0.05, 0) is 79.8 Å². The lowest BCUT2D eigenvalue weighted by Crippen LogP contribution is -1.73. The lowest BCUT2D eigenvalue weighted by atomic mass is 10.1. The van der Waals surface area contributed by atoms with Gasteiger partial charge in [-0.25, -0.2) is 0 Å². The fourth-order valence-electron chi connectivity index (χ4n) is 4.90. The number of hydrogen-bond donors (Lipinski definition) is 0. The second-order valence-corrected chi connectivity index (χ2v) is 12.6. The lowest BCUT2D eigenvalue weighted by molar-refractivity contribution is 1.81. The van der Waals surface area contributed by atoms with E-state index in [2.05, 4.69) is 95.7 Å². The van der Waals surface area contributed by atoms with E-state index in [1.165, 1.54) is 72.0 Å². The van der Waals surface area contributed by atoms with E-state index in [9.17, 15) is 0 Å². The van der Waals surface area contributed by atoms with E-state index in [1.54, 1.807) is 0 Å². The molecule has 8 aromatic rings. The summed E-state index contributed by atoms with van der Waals surface area (Å²) in [6.07, 6.45) is 0. The molecular formula is C30H16S4. The van der Waals surface area contributed by atoms with Gasteiger partial charge in [0, 0.05) is 39.3 Å². The minimum absolute atomic E-state index is 1.31. The smallest absolute Gasteiger partial charge is 0.0428 e. The number of rotatable bonds is 2. The van der Waals surface area contributed by atoms with E-state index in [0.29, 0.717) is 0 Å². The molecule has 0 saturated heterocycles. The van der Waals surface area contributed by atoms with Gasteiger partial charge in [0.05, 0.1) is 0 Å². The number of thiophene rings is 4. The average molecular weight is 505 g/mol. The van der Waals surface area contributed by atoms with Crippen molar-refractivity contribution in [2.24, 2.45) is 0 Å². The highest BCUT2D eigenvalue weighted by atomic mass is 32.1. The standard InChI is InChI=1S/C30H16S4/c1-3-19(13-25-17(1)9-11-31-25)27-15-21-5-7-24-23(29(21)33-27)8-6-22-16-28(34-30(22)24)20-4-2-18-10-12-32-26(18)14-20/h1-16H. The molecule has 0 bridgehead atoms. The highest BCUT2D eigenvalue weighted by molar-refractivity contribution is 7.24. The highest BCUT2D eigenvalue weighted by Gasteiger charge is 2.13. The molecule has 0 aliphatic heterocycles. The molecule has 0 nitrogen and oxygen atoms in total. The molecule has 8 rings (SSSR count). The summed E-state index contributed by atoms with van der Waals surface area (Å²) >= 11 is 7.46. The maximum atomic E-state index is 2.36. The zero-order chi connectivity index (χ0) is 22.2. The Hall–Kier alpha value is -3.02. The molecule has 4 heteroatoms. The summed E-state index contributed by atoms with van der Waals surface area (Å²) in [5.41, 5.74) is 2.63. The fraction of sp³-hybridized carbons (Fsp3) is 0. The van der Waals surface area contributed by atoms with E-state index in [1.807, 2.05) is 45.3 Å². The summed E-state index contributed by atoms with van der Waals surface area (Å²) in [6.45, 7) is 0. The van der Waals surface area contributed by atoms with Gasteiger partial charge < -0.3 is 0 Å². The monoisotopic (exact) mass is 504 g/mol. The Morgan fingerprint density at radius 1 is 0.412 bits per heavy atom. The van der Waals surface area contributed by atoms with Crippen LogP contribution in [-0.4, -0.2) is 0 Å². The Bertz CT molecular complexity index is 1880. The highest BCUT2D eigenvalue weighted by Crippen LogP contribution is 2.44. The van der Waals surface area contributed by atoms with Crippen LogP contribution in [0, 0.1) is 0 Å². The van der Waals surface area contributed by atoms with Gasteiger partial charge in [0.25, 0.3) is 0 Å². The van der Waals surface area contributed by atoms with Crippen molar-refractivity contribution < 1.29 is 0 Å². The molecular weight excluding hydrogens is 489 g/mol. The first-order chi connectivity index (χ1) is 16.8. The first kappa shape index (κ1) is 19.3. The van der Waals surface area contributed by atoms with E-state index < -0.39 is 0 Å². The summed E-state index contributed by atoms with van der Waals surface area (Å²) in [7, 11) is 0. The molecule has 0 aliphatic carbocycles. The Balaban J connectivity index is 1.30. The molecule has 0 atom stereocenters. The molecule has 34 heavy (non-hydrogen) atoms. The second-order valence-electron chi connectivity index (χ2n) is 8.63. The third-order valence-corrected chi connectivity index (χ3v) is 10.9. The average Bonchev–Trinajstić information content (AvgIpc) is 3.66. The van der Waals surface area contributed by atoms with Crippen molar-refractivity contribution in [1.29, 1.82) is 0 Å². The Labute approximate surface area is 212 Å². The van der Waals surface area contributed by atoms with E-state index in [4.69, 9.17) is 0 Å². The van der Waals surface area contributed by atoms with Gasteiger partial charge in [0.1, 0.15) is 0 Å². The lowest BCUT2D eigenvalue weighted by Gasteiger charge is -2.01. The van der Waals surface area contributed by atoms with Crippen LogP contribution < -0.4 is 0 Å². The van der Waals surface area contributed by atoms with Crippen LogP contribution in [0.4, 0.5) is 0 Å². The Morgan fingerprint density at radius 2 is 0.882 bits per heavy atom. The molecule has 4 aromatic carbocycles. The van der Waals surface area contributed by atoms with Crippen LogP contribution in [0.25, 0.3) is 72.0 Å². The maximum Gasteiger partial charge on any atom is 0.0428 e. The van der Waals surface area contributed by atoms with Crippen LogP contribution in [0.2, 0.25) is 0 Å². The summed E-state index contributed by atoms with van der Waals surface area (Å²) in [4.78, 5) is 2.68. The van der Waals surface area contributed by atoms with Crippen LogP contribution >= 0.6 is 45.3 Å². The first-order valence-corrected chi connectivity index (χ1v) is 14.5.